The highest BCUT2D eigenvalue weighted by Gasteiger charge is 2.31. The molecule has 2 aromatic rings. The van der Waals surface area contributed by atoms with Crippen LogP contribution in [0.25, 0.3) is 11.3 Å². The molecule has 0 aromatic carbocycles. The van der Waals surface area contributed by atoms with E-state index in [-0.39, 0.29) is 5.92 Å². The molecule has 8 nitrogen and oxygen atoms in total. The summed E-state index contributed by atoms with van der Waals surface area (Å²) in [6, 6.07) is 0. The highest BCUT2D eigenvalue weighted by atomic mass is 32.2. The number of nitrogens with zero attached hydrogens (tertiary/aromatic N) is 6. The van der Waals surface area contributed by atoms with Crippen LogP contribution in [0, 0.1) is 0 Å². The fourth-order valence-corrected chi connectivity index (χ4v) is 4.38. The molecule has 1 atom stereocenters. The Balaban J connectivity index is 1.81. The van der Waals surface area contributed by atoms with E-state index in [1.165, 1.54) is 8.61 Å². The quantitative estimate of drug-likeness (QED) is 0.764. The molecule has 3 rings (SSSR count). The summed E-state index contributed by atoms with van der Waals surface area (Å²) >= 11 is 0. The second kappa shape index (κ2) is 7.81. The van der Waals surface area contributed by atoms with Gasteiger partial charge in [-0.3, -0.25) is 9.67 Å². The highest BCUT2D eigenvalue weighted by molar-refractivity contribution is 7.86. The van der Waals surface area contributed by atoms with Crippen molar-refractivity contribution in [1.29, 1.82) is 0 Å². The second-order valence-electron chi connectivity index (χ2n) is 6.81. The van der Waals surface area contributed by atoms with Gasteiger partial charge in [-0.2, -0.15) is 22.1 Å². The molecular weight excluding hydrogens is 352 g/mol. The van der Waals surface area contributed by atoms with E-state index in [4.69, 9.17) is 4.98 Å². The van der Waals surface area contributed by atoms with Crippen molar-refractivity contribution in [2.45, 2.75) is 38.6 Å². The second-order valence-corrected chi connectivity index (χ2v) is 8.95. The molecule has 142 valence electrons. The summed E-state index contributed by atoms with van der Waals surface area (Å²) in [6.45, 7) is 3.97. The first-order chi connectivity index (χ1) is 12.4. The van der Waals surface area contributed by atoms with E-state index >= 15 is 0 Å². The van der Waals surface area contributed by atoms with Crippen LogP contribution >= 0.6 is 0 Å². The van der Waals surface area contributed by atoms with Crippen molar-refractivity contribution in [2.75, 3.05) is 27.2 Å². The fourth-order valence-electron chi connectivity index (χ4n) is 3.19. The van der Waals surface area contributed by atoms with Gasteiger partial charge in [0.25, 0.3) is 10.2 Å². The maximum absolute atomic E-state index is 12.4. The largest absolute Gasteiger partial charge is 0.281 e. The number of aromatic nitrogens is 4. The molecule has 0 unspecified atom stereocenters. The SMILES string of the molecule is CCCn1cc(-c2cncc([C@@H]3CCCN(S(=O)(=O)N(C)C)C3)n2)cn1. The van der Waals surface area contributed by atoms with Crippen LogP contribution in [0.15, 0.2) is 24.8 Å². The van der Waals surface area contributed by atoms with E-state index < -0.39 is 10.2 Å². The lowest BCUT2D eigenvalue weighted by Gasteiger charge is -2.33. The number of hydrogen-bond acceptors (Lipinski definition) is 5. The molecule has 1 aliphatic heterocycles. The third-order valence-corrected chi connectivity index (χ3v) is 6.53. The molecule has 0 bridgehead atoms. The van der Waals surface area contributed by atoms with Gasteiger partial charge in [-0.05, 0) is 19.3 Å². The van der Waals surface area contributed by atoms with Crippen molar-refractivity contribution >= 4 is 10.2 Å². The number of aryl methyl sites for hydroxylation is 1. The van der Waals surface area contributed by atoms with Crippen molar-refractivity contribution in [2.24, 2.45) is 0 Å². The van der Waals surface area contributed by atoms with Gasteiger partial charge in [-0.1, -0.05) is 6.92 Å². The van der Waals surface area contributed by atoms with Crippen LogP contribution in [-0.4, -0.2) is 64.0 Å². The lowest BCUT2D eigenvalue weighted by molar-refractivity contribution is 0.296. The van der Waals surface area contributed by atoms with Crippen molar-refractivity contribution < 1.29 is 8.42 Å². The summed E-state index contributed by atoms with van der Waals surface area (Å²) in [5.74, 6) is 0.0524. The summed E-state index contributed by atoms with van der Waals surface area (Å²) < 4.78 is 29.5. The predicted octanol–water partition coefficient (Wildman–Crippen LogP) is 1.74. The zero-order valence-electron chi connectivity index (χ0n) is 15.5. The van der Waals surface area contributed by atoms with Gasteiger partial charge >= 0.3 is 0 Å². The normalized spacial score (nSPS) is 19.2. The Morgan fingerprint density at radius 3 is 2.81 bits per heavy atom. The molecule has 1 fully saturated rings. The monoisotopic (exact) mass is 378 g/mol. The van der Waals surface area contributed by atoms with Gasteiger partial charge in [-0.15, -0.1) is 0 Å². The Bertz CT molecular complexity index is 848. The minimum absolute atomic E-state index is 0.0524. The highest BCUT2D eigenvalue weighted by Crippen LogP contribution is 2.28. The topological polar surface area (TPSA) is 84.2 Å². The van der Waals surface area contributed by atoms with Crippen LogP contribution < -0.4 is 0 Å². The van der Waals surface area contributed by atoms with E-state index in [1.54, 1.807) is 32.7 Å². The summed E-state index contributed by atoms with van der Waals surface area (Å²) in [5, 5.41) is 4.34. The van der Waals surface area contributed by atoms with E-state index in [2.05, 4.69) is 17.0 Å². The van der Waals surface area contributed by atoms with Crippen molar-refractivity contribution in [3.05, 3.63) is 30.5 Å². The number of piperidine rings is 1. The summed E-state index contributed by atoms with van der Waals surface area (Å²) in [6.07, 6.45) is 9.99. The van der Waals surface area contributed by atoms with Gasteiger partial charge in [0.05, 0.1) is 23.8 Å². The lowest BCUT2D eigenvalue weighted by atomic mass is 9.96. The molecule has 0 amide bonds. The molecule has 0 spiro atoms. The van der Waals surface area contributed by atoms with Gasteiger partial charge in [-0.25, -0.2) is 4.98 Å². The molecule has 1 saturated heterocycles. The summed E-state index contributed by atoms with van der Waals surface area (Å²) in [5.41, 5.74) is 2.54. The van der Waals surface area contributed by atoms with Gasteiger partial charge < -0.3 is 0 Å². The van der Waals surface area contributed by atoms with Gasteiger partial charge in [0.15, 0.2) is 0 Å². The Labute approximate surface area is 155 Å². The number of hydrogen-bond donors (Lipinski definition) is 0. The smallest absolute Gasteiger partial charge is 0.272 e. The van der Waals surface area contributed by atoms with Crippen molar-refractivity contribution in [1.82, 2.24) is 28.4 Å². The first-order valence-electron chi connectivity index (χ1n) is 8.94. The minimum atomic E-state index is -3.40. The fraction of sp³-hybridized carbons (Fsp3) is 0.588. The third kappa shape index (κ3) is 3.94. The van der Waals surface area contributed by atoms with Crippen LogP contribution in [0.1, 0.15) is 37.8 Å². The summed E-state index contributed by atoms with van der Waals surface area (Å²) in [4.78, 5) is 9.09. The Hall–Kier alpha value is -1.84. The molecule has 0 radical (unpaired) electrons. The zero-order valence-corrected chi connectivity index (χ0v) is 16.4. The van der Waals surface area contributed by atoms with Crippen LogP contribution in [-0.2, 0) is 16.8 Å². The van der Waals surface area contributed by atoms with Crippen LogP contribution in [0.2, 0.25) is 0 Å². The zero-order chi connectivity index (χ0) is 18.7. The van der Waals surface area contributed by atoms with Gasteiger partial charge in [0.1, 0.15) is 0 Å². The first-order valence-corrected chi connectivity index (χ1v) is 10.3. The molecule has 0 aliphatic carbocycles. The molecule has 9 heteroatoms. The van der Waals surface area contributed by atoms with Crippen molar-refractivity contribution in [3.8, 4) is 11.3 Å². The molecule has 26 heavy (non-hydrogen) atoms. The van der Waals surface area contributed by atoms with Gasteiger partial charge in [0.2, 0.25) is 0 Å². The average molecular weight is 379 g/mol. The van der Waals surface area contributed by atoms with E-state index in [0.29, 0.717) is 13.1 Å². The van der Waals surface area contributed by atoms with Crippen molar-refractivity contribution in [3.63, 3.8) is 0 Å². The Morgan fingerprint density at radius 2 is 2.08 bits per heavy atom. The van der Waals surface area contributed by atoms with E-state index in [1.807, 2.05) is 10.9 Å². The predicted molar refractivity (Wildman–Crippen MR) is 99.7 cm³/mol. The average Bonchev–Trinajstić information content (AvgIpc) is 3.11. The molecule has 2 aromatic heterocycles. The Morgan fingerprint density at radius 1 is 1.27 bits per heavy atom. The third-order valence-electron chi connectivity index (χ3n) is 4.63. The van der Waals surface area contributed by atoms with Crippen LogP contribution in [0.4, 0.5) is 0 Å². The number of rotatable bonds is 6. The molecular formula is C17H26N6O2S. The van der Waals surface area contributed by atoms with Crippen LogP contribution in [0.5, 0.6) is 0 Å². The first kappa shape index (κ1) is 18.9. The molecule has 0 saturated carbocycles. The summed E-state index contributed by atoms with van der Waals surface area (Å²) in [7, 11) is -0.275. The standard InChI is InChI=1S/C17H26N6O2S/c1-4-7-22-12-15(9-19-22)17-11-18-10-16(20-17)14-6-5-8-23(13-14)26(24,25)21(2)3/h9-12,14H,4-8,13H2,1-3H3/t14-/m1/s1. The van der Waals surface area contributed by atoms with Crippen LogP contribution in [0.3, 0.4) is 0 Å². The molecule has 3 heterocycles. The maximum Gasteiger partial charge on any atom is 0.281 e. The maximum atomic E-state index is 12.4. The van der Waals surface area contributed by atoms with E-state index in [9.17, 15) is 8.42 Å². The molecule has 1 aliphatic rings. The lowest BCUT2D eigenvalue weighted by Crippen LogP contribution is -2.45. The minimum Gasteiger partial charge on any atom is -0.272 e. The van der Waals surface area contributed by atoms with Gasteiger partial charge in [0, 0.05) is 57.6 Å². The Kier molecular flexibility index (Phi) is 5.69. The van der Waals surface area contributed by atoms with E-state index in [0.717, 1.165) is 42.8 Å². The molecule has 0 N–H and O–H groups in total.